The molecule has 0 unspecified atom stereocenters. The maximum absolute atomic E-state index is 5.62. The predicted octanol–water partition coefficient (Wildman–Crippen LogP) is 0.868. The first-order chi connectivity index (χ1) is 5.69. The van der Waals surface area contributed by atoms with Gasteiger partial charge < -0.3 is 20.9 Å². The van der Waals surface area contributed by atoms with Crippen molar-refractivity contribution < 1.29 is 9.47 Å². The number of methoxy groups -OCH3 is 2. The molecular formula is C8H12N2O2. The van der Waals surface area contributed by atoms with Crippen LogP contribution in [0.15, 0.2) is 12.1 Å². The van der Waals surface area contributed by atoms with Gasteiger partial charge in [-0.25, -0.2) is 0 Å². The van der Waals surface area contributed by atoms with Gasteiger partial charge in [-0.1, -0.05) is 0 Å². The van der Waals surface area contributed by atoms with Crippen molar-refractivity contribution >= 4 is 11.4 Å². The molecule has 0 fully saturated rings. The zero-order valence-electron chi connectivity index (χ0n) is 7.13. The number of nitrogens with two attached hydrogens (primary N) is 2. The topological polar surface area (TPSA) is 70.5 Å². The molecule has 0 aliphatic heterocycles. The monoisotopic (exact) mass is 168 g/mol. The van der Waals surface area contributed by atoms with E-state index >= 15 is 0 Å². The van der Waals surface area contributed by atoms with Gasteiger partial charge in [0.15, 0.2) is 5.75 Å². The van der Waals surface area contributed by atoms with Gasteiger partial charge in [-0.05, 0) is 0 Å². The van der Waals surface area contributed by atoms with Crippen LogP contribution in [0.4, 0.5) is 11.4 Å². The summed E-state index contributed by atoms with van der Waals surface area (Å²) >= 11 is 0. The van der Waals surface area contributed by atoms with Crippen LogP contribution in [0.1, 0.15) is 0 Å². The van der Waals surface area contributed by atoms with Crippen molar-refractivity contribution in [1.82, 2.24) is 0 Å². The molecule has 0 aliphatic carbocycles. The molecule has 1 aromatic carbocycles. The van der Waals surface area contributed by atoms with Crippen LogP contribution in [0, 0.1) is 0 Å². The lowest BCUT2D eigenvalue weighted by molar-refractivity contribution is 0.406. The Morgan fingerprint density at radius 3 is 1.83 bits per heavy atom. The molecule has 4 nitrogen and oxygen atoms in total. The molecule has 66 valence electrons. The van der Waals surface area contributed by atoms with Crippen molar-refractivity contribution in [3.8, 4) is 11.5 Å². The summed E-state index contributed by atoms with van der Waals surface area (Å²) in [5, 5.41) is 0. The molecule has 0 saturated carbocycles. The zero-order chi connectivity index (χ0) is 9.14. The van der Waals surface area contributed by atoms with E-state index in [1.165, 1.54) is 7.11 Å². The van der Waals surface area contributed by atoms with E-state index in [0.29, 0.717) is 22.9 Å². The molecule has 0 atom stereocenters. The summed E-state index contributed by atoms with van der Waals surface area (Å²) in [6.45, 7) is 0. The standard InChI is InChI=1S/C8H12N2O2/c1-11-5-3-6(9)8(12-2)7(10)4-5/h3-4H,9-10H2,1-2H3. The molecule has 0 saturated heterocycles. The van der Waals surface area contributed by atoms with Crippen LogP contribution < -0.4 is 20.9 Å². The highest BCUT2D eigenvalue weighted by Gasteiger charge is 2.05. The molecule has 4 heteroatoms. The summed E-state index contributed by atoms with van der Waals surface area (Å²) in [7, 11) is 3.08. The predicted molar refractivity (Wildman–Crippen MR) is 48.4 cm³/mol. The molecule has 4 N–H and O–H groups in total. The highest BCUT2D eigenvalue weighted by Crippen LogP contribution is 2.32. The van der Waals surface area contributed by atoms with Gasteiger partial charge in [-0.2, -0.15) is 0 Å². The Hall–Kier alpha value is -1.58. The van der Waals surface area contributed by atoms with Crippen LogP contribution in [0.5, 0.6) is 11.5 Å². The van der Waals surface area contributed by atoms with E-state index in [-0.39, 0.29) is 0 Å². The van der Waals surface area contributed by atoms with Crippen molar-refractivity contribution in [1.29, 1.82) is 0 Å². The molecular weight excluding hydrogens is 156 g/mol. The van der Waals surface area contributed by atoms with Gasteiger partial charge >= 0.3 is 0 Å². The molecule has 0 aliphatic rings. The Morgan fingerprint density at radius 2 is 1.50 bits per heavy atom. The lowest BCUT2D eigenvalue weighted by Crippen LogP contribution is -1.98. The highest BCUT2D eigenvalue weighted by atomic mass is 16.5. The lowest BCUT2D eigenvalue weighted by Gasteiger charge is -2.09. The molecule has 12 heavy (non-hydrogen) atoms. The van der Waals surface area contributed by atoms with Gasteiger partial charge in [0.25, 0.3) is 0 Å². The smallest absolute Gasteiger partial charge is 0.164 e. The van der Waals surface area contributed by atoms with Crippen molar-refractivity contribution in [2.45, 2.75) is 0 Å². The van der Waals surface area contributed by atoms with Crippen LogP contribution in [-0.4, -0.2) is 14.2 Å². The summed E-state index contributed by atoms with van der Waals surface area (Å²) in [5.41, 5.74) is 12.2. The third kappa shape index (κ3) is 1.37. The Kier molecular flexibility index (Phi) is 2.28. The van der Waals surface area contributed by atoms with Crippen LogP contribution in [0.3, 0.4) is 0 Å². The van der Waals surface area contributed by atoms with Crippen LogP contribution in [0.2, 0.25) is 0 Å². The fourth-order valence-electron chi connectivity index (χ4n) is 1.000. The number of nitrogen functional groups attached to an aromatic ring is 2. The number of hydrogen-bond donors (Lipinski definition) is 2. The third-order valence-electron chi connectivity index (χ3n) is 1.56. The van der Waals surface area contributed by atoms with Gasteiger partial charge in [0, 0.05) is 12.1 Å². The summed E-state index contributed by atoms with van der Waals surface area (Å²) in [4.78, 5) is 0. The molecule has 1 rings (SSSR count). The molecule has 1 aromatic rings. The minimum Gasteiger partial charge on any atom is -0.497 e. The van der Waals surface area contributed by atoms with Gasteiger partial charge in [-0.3, -0.25) is 0 Å². The molecule has 0 radical (unpaired) electrons. The summed E-state index contributed by atoms with van der Waals surface area (Å²) in [5.74, 6) is 1.13. The van der Waals surface area contributed by atoms with E-state index in [1.807, 2.05) is 0 Å². The number of anilines is 2. The average Bonchev–Trinajstić information content (AvgIpc) is 2.03. The van der Waals surface area contributed by atoms with Crippen LogP contribution >= 0.6 is 0 Å². The molecule has 0 bridgehead atoms. The molecule has 0 aromatic heterocycles. The van der Waals surface area contributed by atoms with Crippen molar-refractivity contribution in [3.05, 3.63) is 12.1 Å². The first-order valence-electron chi connectivity index (χ1n) is 3.46. The third-order valence-corrected chi connectivity index (χ3v) is 1.56. The Balaban J connectivity index is 3.18. The first kappa shape index (κ1) is 8.52. The number of rotatable bonds is 2. The maximum atomic E-state index is 5.62. The minimum absolute atomic E-state index is 0.481. The van der Waals surface area contributed by atoms with Crippen LogP contribution in [0.25, 0.3) is 0 Å². The second-order valence-corrected chi connectivity index (χ2v) is 2.34. The van der Waals surface area contributed by atoms with Gasteiger partial charge in [-0.15, -0.1) is 0 Å². The highest BCUT2D eigenvalue weighted by molar-refractivity contribution is 5.70. The summed E-state index contributed by atoms with van der Waals surface area (Å²) in [6.07, 6.45) is 0. The number of hydrogen-bond acceptors (Lipinski definition) is 4. The van der Waals surface area contributed by atoms with E-state index in [4.69, 9.17) is 20.9 Å². The normalized spacial score (nSPS) is 9.50. The van der Waals surface area contributed by atoms with Crippen molar-refractivity contribution in [3.63, 3.8) is 0 Å². The van der Waals surface area contributed by atoms with E-state index in [0.717, 1.165) is 0 Å². The summed E-state index contributed by atoms with van der Waals surface area (Å²) < 4.78 is 9.93. The fraction of sp³-hybridized carbons (Fsp3) is 0.250. The lowest BCUT2D eigenvalue weighted by atomic mass is 10.2. The molecule has 0 heterocycles. The fourth-order valence-corrected chi connectivity index (χ4v) is 1.000. The number of ether oxygens (including phenoxy) is 2. The van der Waals surface area contributed by atoms with E-state index in [1.54, 1.807) is 19.2 Å². The quantitative estimate of drug-likeness (QED) is 0.643. The zero-order valence-corrected chi connectivity index (χ0v) is 7.13. The van der Waals surface area contributed by atoms with E-state index in [2.05, 4.69) is 0 Å². The minimum atomic E-state index is 0.481. The van der Waals surface area contributed by atoms with Gasteiger partial charge in [0.1, 0.15) is 5.75 Å². The van der Waals surface area contributed by atoms with E-state index < -0.39 is 0 Å². The van der Waals surface area contributed by atoms with E-state index in [9.17, 15) is 0 Å². The van der Waals surface area contributed by atoms with Crippen LogP contribution in [-0.2, 0) is 0 Å². The Morgan fingerprint density at radius 1 is 1.00 bits per heavy atom. The average molecular weight is 168 g/mol. The first-order valence-corrected chi connectivity index (χ1v) is 3.46. The Bertz CT molecular complexity index is 263. The molecule has 0 amide bonds. The van der Waals surface area contributed by atoms with Gasteiger partial charge in [0.2, 0.25) is 0 Å². The molecule has 0 spiro atoms. The summed E-state index contributed by atoms with van der Waals surface area (Å²) in [6, 6.07) is 3.32. The van der Waals surface area contributed by atoms with Crippen molar-refractivity contribution in [2.24, 2.45) is 0 Å². The maximum Gasteiger partial charge on any atom is 0.164 e. The van der Waals surface area contributed by atoms with Crippen molar-refractivity contribution in [2.75, 3.05) is 25.7 Å². The largest absolute Gasteiger partial charge is 0.497 e. The Labute approximate surface area is 71.1 Å². The van der Waals surface area contributed by atoms with Gasteiger partial charge in [0.05, 0.1) is 25.6 Å². The number of benzene rings is 1. The second-order valence-electron chi connectivity index (χ2n) is 2.34. The SMILES string of the molecule is COc1cc(N)c(OC)c(N)c1. The second kappa shape index (κ2) is 3.21.